The lowest BCUT2D eigenvalue weighted by molar-refractivity contribution is -0.255. The molecular formula is C46H42Cl5N3O15S4-4. The van der Waals surface area contributed by atoms with E-state index in [0.717, 1.165) is 23.9 Å². The number of benzene rings is 4. The average molecular weight is 1180 g/mol. The number of hydrogen-bond donors (Lipinski definition) is 2. The van der Waals surface area contributed by atoms with E-state index in [1.807, 2.05) is 0 Å². The van der Waals surface area contributed by atoms with Crippen molar-refractivity contribution in [1.82, 2.24) is 5.32 Å². The molecular weight excluding hydrogens is 1140 g/mol. The molecule has 0 aliphatic carbocycles. The molecule has 73 heavy (non-hydrogen) atoms. The molecule has 3 aliphatic heterocycles. The van der Waals surface area contributed by atoms with E-state index < -0.39 is 129 Å². The summed E-state index contributed by atoms with van der Waals surface area (Å²) in [4.78, 5) is 40.9. The molecule has 4 aromatic carbocycles. The quantitative estimate of drug-likeness (QED) is 0.0258. The average Bonchev–Trinajstić information content (AvgIpc) is 3.23. The van der Waals surface area contributed by atoms with Gasteiger partial charge in [0, 0.05) is 50.9 Å². The van der Waals surface area contributed by atoms with Crippen molar-refractivity contribution in [3.05, 3.63) is 87.8 Å². The second-order valence-electron chi connectivity index (χ2n) is 19.0. The number of esters is 1. The third-order valence-electron chi connectivity index (χ3n) is 12.2. The molecule has 394 valence electrons. The van der Waals surface area contributed by atoms with Gasteiger partial charge < -0.3 is 43.7 Å². The fourth-order valence-corrected chi connectivity index (χ4v) is 14.3. The van der Waals surface area contributed by atoms with Crippen molar-refractivity contribution in [2.75, 3.05) is 17.6 Å². The fraction of sp³-hybridized carbons (Fsp3) is 0.391. The van der Waals surface area contributed by atoms with E-state index in [1.54, 1.807) is 41.5 Å². The number of aromatic carboxylic acids is 1. The SMILES string of the molecule is CC1CC(C)(C)Nc2c1cc1c(c2S(=O)(=O)[O-])Oc2c(S(=O)(=O)[O-])c3c(cc2=C1c1c(Cl)c(SCC(=O)NCCCCCC(=O)Oc2c(Cl)cc(S(=O)(=O)[O-])cc2Cl)c(Cl)c(Cl)c1C(=O)[O-])C(C)CC(C)(C)N=3. The molecule has 0 radical (unpaired) electrons. The van der Waals surface area contributed by atoms with Crippen LogP contribution >= 0.6 is 69.8 Å². The topological polar surface area (TPSA) is 301 Å². The molecule has 18 nitrogen and oxygen atoms in total. The summed E-state index contributed by atoms with van der Waals surface area (Å²) < 4.78 is 127. The van der Waals surface area contributed by atoms with Crippen molar-refractivity contribution in [2.24, 2.45) is 4.99 Å². The van der Waals surface area contributed by atoms with Crippen LogP contribution in [0.25, 0.3) is 5.57 Å². The Morgan fingerprint density at radius 3 is 2.01 bits per heavy atom. The van der Waals surface area contributed by atoms with Gasteiger partial charge in [-0.1, -0.05) is 78.3 Å². The number of nitrogens with one attached hydrogen (secondary N) is 2. The molecule has 0 aromatic heterocycles. The number of carboxylic acids is 1. The number of rotatable bonds is 15. The first-order valence-corrected chi connectivity index (χ1v) is 29.1. The Bertz CT molecular complexity index is 3530. The molecule has 4 aromatic rings. The van der Waals surface area contributed by atoms with E-state index in [9.17, 15) is 58.4 Å². The highest BCUT2D eigenvalue weighted by Crippen LogP contribution is 2.54. The van der Waals surface area contributed by atoms with E-state index in [0.29, 0.717) is 25.7 Å². The zero-order valence-corrected chi connectivity index (χ0v) is 46.3. The molecule has 2 atom stereocenters. The van der Waals surface area contributed by atoms with Crippen molar-refractivity contribution < 1.29 is 67.9 Å². The van der Waals surface area contributed by atoms with Gasteiger partial charge in [-0.05, 0) is 101 Å². The molecule has 27 heteroatoms. The number of carboxylic acid groups (broad SMARTS) is 1. The standard InChI is InChI=1S/C46H46Cl5N3O15S4/c1-19-16-45(3,4)53-36-22(19)14-24-30(25-15-23-20(2)17-46(5,6)54-37(23)43(73(65,66)67)39(25)69-38(24)42(36)72(62,63)64)31-32(44(57)58)33(49)35(51)41(34(31)50)70-18-28(55)52-11-9-7-8-10-29(56)68-40-26(47)12-21(13-27(40)48)71(59,60)61/h12-15,19-20,53H,7-11,16-18H2,1-6H3,(H,52,55)(H,57,58)(H,59,60,61)(H,62,63,64)(H,65,66,67)/p-4. The highest BCUT2D eigenvalue weighted by atomic mass is 35.5. The Morgan fingerprint density at radius 1 is 0.808 bits per heavy atom. The van der Waals surface area contributed by atoms with Crippen LogP contribution in [-0.4, -0.2) is 80.1 Å². The Hall–Kier alpha value is -3.91. The van der Waals surface area contributed by atoms with E-state index in [1.165, 1.54) is 12.1 Å². The number of hydrogen-bond acceptors (Lipinski definition) is 18. The Kier molecular flexibility index (Phi) is 16.0. The maximum atomic E-state index is 13.6. The lowest BCUT2D eigenvalue weighted by atomic mass is 9.79. The molecule has 0 spiro atoms. The molecule has 0 bridgehead atoms. The van der Waals surface area contributed by atoms with Crippen LogP contribution in [0.5, 0.6) is 17.2 Å². The van der Waals surface area contributed by atoms with Crippen LogP contribution in [0.1, 0.15) is 125 Å². The van der Waals surface area contributed by atoms with E-state index >= 15 is 0 Å². The highest BCUT2D eigenvalue weighted by molar-refractivity contribution is 8.00. The van der Waals surface area contributed by atoms with Gasteiger partial charge in [-0.25, -0.2) is 25.3 Å². The van der Waals surface area contributed by atoms with Crippen LogP contribution in [0.4, 0.5) is 5.69 Å². The minimum atomic E-state index is -5.61. The van der Waals surface area contributed by atoms with Crippen molar-refractivity contribution in [2.45, 2.75) is 123 Å². The lowest BCUT2D eigenvalue weighted by Gasteiger charge is -2.40. The van der Waals surface area contributed by atoms with Gasteiger partial charge in [0.25, 0.3) is 0 Å². The minimum Gasteiger partial charge on any atom is -0.744 e. The summed E-state index contributed by atoms with van der Waals surface area (Å²) in [5.41, 5.74) is -3.26. The molecule has 0 fully saturated rings. The highest BCUT2D eigenvalue weighted by Gasteiger charge is 2.41. The summed E-state index contributed by atoms with van der Waals surface area (Å²) in [7, 11) is -16.1. The molecule has 2 unspecified atom stereocenters. The monoisotopic (exact) mass is 1180 g/mol. The normalized spacial score (nSPS) is 17.7. The van der Waals surface area contributed by atoms with Crippen LogP contribution in [0, 0.1) is 0 Å². The van der Waals surface area contributed by atoms with Crippen molar-refractivity contribution in [1.29, 1.82) is 0 Å². The van der Waals surface area contributed by atoms with Gasteiger partial charge in [0.2, 0.25) is 5.91 Å². The first-order valence-electron chi connectivity index (χ1n) is 22.0. The van der Waals surface area contributed by atoms with E-state index in [-0.39, 0.29) is 78.6 Å². The van der Waals surface area contributed by atoms with Gasteiger partial charge in [0.1, 0.15) is 40.1 Å². The summed E-state index contributed by atoms with van der Waals surface area (Å²) in [5.74, 6) is -6.48. The van der Waals surface area contributed by atoms with Crippen molar-refractivity contribution in [3.8, 4) is 17.2 Å². The summed E-state index contributed by atoms with van der Waals surface area (Å²) in [6, 6.07) is 4.51. The third-order valence-corrected chi connectivity index (χ3v) is 17.9. The molecule has 3 aliphatic rings. The number of halogens is 5. The van der Waals surface area contributed by atoms with Gasteiger partial charge >= 0.3 is 5.97 Å². The summed E-state index contributed by atoms with van der Waals surface area (Å²) >= 11 is 33.4. The number of thioether (sulfide) groups is 1. The number of fused-ring (bicyclic) bond motifs is 4. The molecule has 0 saturated carbocycles. The summed E-state index contributed by atoms with van der Waals surface area (Å²) in [5, 5.41) is 16.3. The maximum absolute atomic E-state index is 13.6. The minimum absolute atomic E-state index is 0.108. The Morgan fingerprint density at radius 2 is 1.42 bits per heavy atom. The third kappa shape index (κ3) is 11.6. The molecule has 3 heterocycles. The lowest BCUT2D eigenvalue weighted by Crippen LogP contribution is -2.39. The van der Waals surface area contributed by atoms with E-state index in [2.05, 4.69) is 15.6 Å². The number of amides is 1. The number of anilines is 1. The second kappa shape index (κ2) is 20.6. The zero-order chi connectivity index (χ0) is 54.2. The smallest absolute Gasteiger partial charge is 0.311 e. The molecule has 1 amide bonds. The maximum Gasteiger partial charge on any atom is 0.311 e. The predicted molar refractivity (Wildman–Crippen MR) is 267 cm³/mol. The van der Waals surface area contributed by atoms with Gasteiger partial charge in [-0.3, -0.25) is 14.6 Å². The number of carbonyl (C=O) groups excluding carboxylic acids is 3. The molecule has 7 rings (SSSR count). The van der Waals surface area contributed by atoms with Crippen molar-refractivity contribution in [3.63, 3.8) is 0 Å². The number of unbranched alkanes of at least 4 members (excludes halogenated alkanes) is 2. The number of carbonyl (C=O) groups is 3. The summed E-state index contributed by atoms with van der Waals surface area (Å²) in [6.45, 7) is 10.6. The van der Waals surface area contributed by atoms with Gasteiger partial charge in [0.05, 0.1) is 58.3 Å². The largest absolute Gasteiger partial charge is 0.744 e. The van der Waals surface area contributed by atoms with Crippen LogP contribution in [0.3, 0.4) is 0 Å². The summed E-state index contributed by atoms with van der Waals surface area (Å²) in [6.07, 6.45) is 1.67. The van der Waals surface area contributed by atoms with Crippen molar-refractivity contribution >= 4 is 129 Å². The molecule has 0 saturated heterocycles. The first-order chi connectivity index (χ1) is 33.6. The number of nitrogens with zero attached hydrogens (tertiary/aromatic N) is 1. The predicted octanol–water partition coefficient (Wildman–Crippen LogP) is 7.36. The molecule has 2 N–H and O–H groups in total. The van der Waals surface area contributed by atoms with Gasteiger partial charge in [-0.2, -0.15) is 0 Å². The van der Waals surface area contributed by atoms with Crippen LogP contribution in [0.15, 0.2) is 48.8 Å². The van der Waals surface area contributed by atoms with Crippen LogP contribution in [0.2, 0.25) is 25.1 Å². The Labute approximate surface area is 449 Å². The van der Waals surface area contributed by atoms with Gasteiger partial charge in [0.15, 0.2) is 17.2 Å². The van der Waals surface area contributed by atoms with E-state index in [4.69, 9.17) is 67.5 Å². The van der Waals surface area contributed by atoms with Gasteiger partial charge in [-0.15, -0.1) is 11.8 Å². The van der Waals surface area contributed by atoms with Crippen LogP contribution < -0.4 is 35.8 Å². The first kappa shape index (κ1) is 56.8. The fourth-order valence-electron chi connectivity index (χ4n) is 9.48. The van der Waals surface area contributed by atoms with Crippen LogP contribution in [-0.2, 0) is 39.9 Å². The number of ether oxygens (including phenoxy) is 2. The Balaban J connectivity index is 1.28. The second-order valence-corrected chi connectivity index (χ2v) is 25.9. The zero-order valence-electron chi connectivity index (χ0n) is 39.2.